The Kier molecular flexibility index (Phi) is 3.02. The van der Waals surface area contributed by atoms with Gasteiger partial charge in [-0.3, -0.25) is 4.98 Å². The van der Waals surface area contributed by atoms with Crippen molar-refractivity contribution in [1.82, 2.24) is 4.98 Å². The summed E-state index contributed by atoms with van der Waals surface area (Å²) in [6.07, 6.45) is 1.90. The van der Waals surface area contributed by atoms with Crippen LogP contribution in [0.3, 0.4) is 0 Å². The summed E-state index contributed by atoms with van der Waals surface area (Å²) in [5.74, 6) is 0. The number of aromatic nitrogens is 1. The van der Waals surface area contributed by atoms with Crippen LogP contribution in [-0.4, -0.2) is 4.98 Å². The van der Waals surface area contributed by atoms with E-state index in [1.54, 1.807) is 0 Å². The molecule has 0 radical (unpaired) electrons. The Bertz CT molecular complexity index is 1010. The van der Waals surface area contributed by atoms with Gasteiger partial charge >= 0.3 is 0 Å². The standard InChI is InChI=1S/C21H19NO/c1-21(2,3)15-10-11-22-18(13-15)14-8-9-20-17(12-14)16-6-4-5-7-19(16)23-20/h4-13H,1-3H3. The Morgan fingerprint density at radius 1 is 0.826 bits per heavy atom. The van der Waals surface area contributed by atoms with E-state index >= 15 is 0 Å². The molecule has 0 fully saturated rings. The fraction of sp³-hybridized carbons (Fsp3) is 0.190. The van der Waals surface area contributed by atoms with E-state index in [1.165, 1.54) is 5.56 Å². The molecule has 0 N–H and O–H groups in total. The zero-order valence-corrected chi connectivity index (χ0v) is 13.6. The maximum Gasteiger partial charge on any atom is 0.135 e. The van der Waals surface area contributed by atoms with Crippen LogP contribution in [0.15, 0.2) is 65.2 Å². The van der Waals surface area contributed by atoms with Crippen molar-refractivity contribution in [3.63, 3.8) is 0 Å². The topological polar surface area (TPSA) is 26.0 Å². The number of fused-ring (bicyclic) bond motifs is 3. The van der Waals surface area contributed by atoms with E-state index in [4.69, 9.17) is 4.42 Å². The second-order valence-corrected chi connectivity index (χ2v) is 6.99. The van der Waals surface area contributed by atoms with E-state index in [0.29, 0.717) is 0 Å². The number of para-hydroxylation sites is 1. The molecule has 4 rings (SSSR count). The first-order chi connectivity index (χ1) is 11.0. The molecule has 2 heterocycles. The number of furan rings is 1. The molecule has 2 heteroatoms. The molecule has 0 spiro atoms. The smallest absolute Gasteiger partial charge is 0.135 e. The lowest BCUT2D eigenvalue weighted by Crippen LogP contribution is -2.11. The predicted molar refractivity (Wildman–Crippen MR) is 95.7 cm³/mol. The molecule has 0 bridgehead atoms. The molecule has 2 aromatic heterocycles. The lowest BCUT2D eigenvalue weighted by Gasteiger charge is -2.19. The van der Waals surface area contributed by atoms with Crippen molar-refractivity contribution in [1.29, 1.82) is 0 Å². The molecule has 114 valence electrons. The van der Waals surface area contributed by atoms with Crippen molar-refractivity contribution in [2.45, 2.75) is 26.2 Å². The number of hydrogen-bond donors (Lipinski definition) is 0. The summed E-state index contributed by atoms with van der Waals surface area (Å²) >= 11 is 0. The zero-order chi connectivity index (χ0) is 16.0. The molecule has 0 amide bonds. The Morgan fingerprint density at radius 3 is 2.43 bits per heavy atom. The summed E-state index contributed by atoms with van der Waals surface area (Å²) in [5, 5.41) is 2.29. The van der Waals surface area contributed by atoms with E-state index in [0.717, 1.165) is 33.2 Å². The van der Waals surface area contributed by atoms with Crippen LogP contribution in [0.1, 0.15) is 26.3 Å². The van der Waals surface area contributed by atoms with Gasteiger partial charge in [0, 0.05) is 22.5 Å². The minimum atomic E-state index is 0.115. The Morgan fingerprint density at radius 2 is 1.61 bits per heavy atom. The van der Waals surface area contributed by atoms with Crippen LogP contribution in [0.2, 0.25) is 0 Å². The van der Waals surface area contributed by atoms with Crippen LogP contribution in [0.5, 0.6) is 0 Å². The minimum absolute atomic E-state index is 0.115. The summed E-state index contributed by atoms with van der Waals surface area (Å²) in [5.41, 5.74) is 5.38. The summed E-state index contributed by atoms with van der Waals surface area (Å²) in [6.45, 7) is 6.66. The van der Waals surface area contributed by atoms with E-state index < -0.39 is 0 Å². The molecule has 4 aromatic rings. The van der Waals surface area contributed by atoms with Crippen LogP contribution in [0.4, 0.5) is 0 Å². The second kappa shape index (κ2) is 4.95. The molecule has 0 aliphatic carbocycles. The summed E-state index contributed by atoms with van der Waals surface area (Å²) in [7, 11) is 0. The first-order valence-electron chi connectivity index (χ1n) is 7.90. The van der Waals surface area contributed by atoms with E-state index in [9.17, 15) is 0 Å². The van der Waals surface area contributed by atoms with Crippen LogP contribution < -0.4 is 0 Å². The highest BCUT2D eigenvalue weighted by molar-refractivity contribution is 6.06. The molecular weight excluding hydrogens is 282 g/mol. The van der Waals surface area contributed by atoms with Gasteiger partial charge in [-0.25, -0.2) is 0 Å². The van der Waals surface area contributed by atoms with Crippen LogP contribution in [0, 0.1) is 0 Å². The minimum Gasteiger partial charge on any atom is -0.456 e. The highest BCUT2D eigenvalue weighted by Crippen LogP contribution is 2.32. The summed E-state index contributed by atoms with van der Waals surface area (Å²) in [6, 6.07) is 18.7. The third-order valence-electron chi connectivity index (χ3n) is 4.30. The van der Waals surface area contributed by atoms with Gasteiger partial charge in [0.15, 0.2) is 0 Å². The van der Waals surface area contributed by atoms with Gasteiger partial charge in [-0.1, -0.05) is 39.0 Å². The Labute approximate surface area is 135 Å². The predicted octanol–water partition coefficient (Wildman–Crippen LogP) is 5.95. The van der Waals surface area contributed by atoms with Gasteiger partial charge < -0.3 is 4.42 Å². The van der Waals surface area contributed by atoms with Crippen molar-refractivity contribution >= 4 is 21.9 Å². The molecule has 2 nitrogen and oxygen atoms in total. The first kappa shape index (κ1) is 14.0. The van der Waals surface area contributed by atoms with Crippen molar-refractivity contribution in [3.8, 4) is 11.3 Å². The van der Waals surface area contributed by atoms with Crippen LogP contribution in [0.25, 0.3) is 33.2 Å². The fourth-order valence-electron chi connectivity index (χ4n) is 2.94. The van der Waals surface area contributed by atoms with Crippen LogP contribution in [-0.2, 0) is 5.41 Å². The summed E-state index contributed by atoms with van der Waals surface area (Å²) < 4.78 is 5.90. The molecule has 2 aromatic carbocycles. The van der Waals surface area contributed by atoms with E-state index in [-0.39, 0.29) is 5.41 Å². The SMILES string of the molecule is CC(C)(C)c1ccnc(-c2ccc3oc4ccccc4c3c2)c1. The Balaban J connectivity index is 1.91. The average Bonchev–Trinajstić information content (AvgIpc) is 2.92. The molecule has 0 unspecified atom stereocenters. The van der Waals surface area contributed by atoms with Crippen molar-refractivity contribution in [2.75, 3.05) is 0 Å². The molecule has 0 saturated heterocycles. The van der Waals surface area contributed by atoms with Gasteiger partial charge in [0.25, 0.3) is 0 Å². The Hall–Kier alpha value is -2.61. The lowest BCUT2D eigenvalue weighted by atomic mass is 9.87. The number of rotatable bonds is 1. The normalized spacial score (nSPS) is 12.1. The largest absolute Gasteiger partial charge is 0.456 e. The first-order valence-corrected chi connectivity index (χ1v) is 7.90. The molecule has 0 aliphatic heterocycles. The number of pyridine rings is 1. The molecule has 23 heavy (non-hydrogen) atoms. The monoisotopic (exact) mass is 301 g/mol. The molecule has 0 saturated carbocycles. The maximum absolute atomic E-state index is 5.90. The molecule has 0 aliphatic rings. The van der Waals surface area contributed by atoms with Crippen LogP contribution >= 0.6 is 0 Å². The maximum atomic E-state index is 5.90. The van der Waals surface area contributed by atoms with E-state index in [1.807, 2.05) is 30.5 Å². The van der Waals surface area contributed by atoms with E-state index in [2.05, 4.69) is 56.1 Å². The molecular formula is C21H19NO. The highest BCUT2D eigenvalue weighted by atomic mass is 16.3. The third-order valence-corrected chi connectivity index (χ3v) is 4.30. The van der Waals surface area contributed by atoms with Crippen molar-refractivity contribution in [3.05, 3.63) is 66.4 Å². The highest BCUT2D eigenvalue weighted by Gasteiger charge is 2.15. The number of hydrogen-bond acceptors (Lipinski definition) is 2. The lowest BCUT2D eigenvalue weighted by molar-refractivity contribution is 0.589. The van der Waals surface area contributed by atoms with Gasteiger partial charge in [0.1, 0.15) is 11.2 Å². The second-order valence-electron chi connectivity index (χ2n) is 6.99. The van der Waals surface area contributed by atoms with Gasteiger partial charge in [0.05, 0.1) is 5.69 Å². The summed E-state index contributed by atoms with van der Waals surface area (Å²) in [4.78, 5) is 4.56. The number of benzene rings is 2. The quantitative estimate of drug-likeness (QED) is 0.434. The molecule has 0 atom stereocenters. The fourth-order valence-corrected chi connectivity index (χ4v) is 2.94. The average molecular weight is 301 g/mol. The zero-order valence-electron chi connectivity index (χ0n) is 13.6. The third kappa shape index (κ3) is 2.40. The van der Waals surface area contributed by atoms with Gasteiger partial charge in [0.2, 0.25) is 0 Å². The van der Waals surface area contributed by atoms with Crippen molar-refractivity contribution in [2.24, 2.45) is 0 Å². The van der Waals surface area contributed by atoms with Gasteiger partial charge in [-0.2, -0.15) is 0 Å². The van der Waals surface area contributed by atoms with Crippen molar-refractivity contribution < 1.29 is 4.42 Å². The number of nitrogens with zero attached hydrogens (tertiary/aromatic N) is 1. The van der Waals surface area contributed by atoms with Gasteiger partial charge in [-0.15, -0.1) is 0 Å². The van der Waals surface area contributed by atoms with Gasteiger partial charge in [-0.05, 0) is 47.4 Å².